The Labute approximate surface area is 153 Å². The molecule has 1 aliphatic heterocycles. The highest BCUT2D eigenvalue weighted by molar-refractivity contribution is 6.30. The molecule has 26 heavy (non-hydrogen) atoms. The highest BCUT2D eigenvalue weighted by Gasteiger charge is 2.41. The lowest BCUT2D eigenvalue weighted by atomic mass is 9.97. The monoisotopic (exact) mass is 379 g/mol. The fourth-order valence-electron chi connectivity index (χ4n) is 2.83. The van der Waals surface area contributed by atoms with Crippen LogP contribution in [0.4, 0.5) is 9.18 Å². The predicted octanol–water partition coefficient (Wildman–Crippen LogP) is 2.28. The van der Waals surface area contributed by atoms with Crippen molar-refractivity contribution >= 4 is 23.6 Å². The van der Waals surface area contributed by atoms with E-state index in [0.29, 0.717) is 11.1 Å². The Morgan fingerprint density at radius 2 is 2.27 bits per heavy atom. The van der Waals surface area contributed by atoms with E-state index in [1.165, 1.54) is 36.4 Å². The zero-order valence-electron chi connectivity index (χ0n) is 13.7. The summed E-state index contributed by atoms with van der Waals surface area (Å²) >= 11 is 5.91. The Morgan fingerprint density at radius 3 is 2.88 bits per heavy atom. The fraction of sp³-hybridized carbons (Fsp3) is 0.235. The third kappa shape index (κ3) is 3.28. The number of nitrogens with zero attached hydrogens (tertiary/aromatic N) is 2. The molecular weight excluding hydrogens is 365 g/mol. The predicted molar refractivity (Wildman–Crippen MR) is 90.2 cm³/mol. The quantitative estimate of drug-likeness (QED) is 0.860. The van der Waals surface area contributed by atoms with Gasteiger partial charge in [0, 0.05) is 11.8 Å². The molecular formula is C17H15ClFN3O4. The SMILES string of the molecule is COc1ncccc1[C@H](c1ccc(F)c(Cl)c1)N1CC(C(N)=O)OC1=O. The van der Waals surface area contributed by atoms with E-state index in [4.69, 9.17) is 26.8 Å². The average molecular weight is 380 g/mol. The molecule has 1 saturated heterocycles. The molecule has 3 rings (SSSR count). The summed E-state index contributed by atoms with van der Waals surface area (Å²) in [6.45, 7) is -0.0636. The molecule has 1 unspecified atom stereocenters. The van der Waals surface area contributed by atoms with Crippen LogP contribution in [0.1, 0.15) is 17.2 Å². The number of benzene rings is 1. The number of aromatic nitrogens is 1. The lowest BCUT2D eigenvalue weighted by Crippen LogP contribution is -2.35. The second-order valence-corrected chi connectivity index (χ2v) is 6.01. The van der Waals surface area contributed by atoms with Crippen molar-refractivity contribution < 1.29 is 23.5 Å². The highest BCUT2D eigenvalue weighted by Crippen LogP contribution is 2.37. The number of pyridine rings is 1. The molecule has 1 fully saturated rings. The minimum absolute atomic E-state index is 0.0636. The van der Waals surface area contributed by atoms with E-state index in [1.54, 1.807) is 12.1 Å². The molecule has 2 heterocycles. The van der Waals surface area contributed by atoms with Crippen LogP contribution in [0, 0.1) is 5.82 Å². The Balaban J connectivity index is 2.12. The van der Waals surface area contributed by atoms with Crippen LogP contribution in [0.5, 0.6) is 5.88 Å². The number of halogens is 2. The van der Waals surface area contributed by atoms with Crippen molar-refractivity contribution in [2.45, 2.75) is 12.1 Å². The Kier molecular flexibility index (Phi) is 4.94. The van der Waals surface area contributed by atoms with Gasteiger partial charge in [-0.15, -0.1) is 0 Å². The summed E-state index contributed by atoms with van der Waals surface area (Å²) in [5, 5.41) is -0.102. The summed E-state index contributed by atoms with van der Waals surface area (Å²) in [5.74, 6) is -1.07. The van der Waals surface area contributed by atoms with Gasteiger partial charge in [0.1, 0.15) is 5.82 Å². The number of rotatable bonds is 5. The van der Waals surface area contributed by atoms with Crippen molar-refractivity contribution in [3.8, 4) is 5.88 Å². The largest absolute Gasteiger partial charge is 0.481 e. The number of nitrogens with two attached hydrogens (primary N) is 1. The number of methoxy groups -OCH3 is 1. The first-order valence-corrected chi connectivity index (χ1v) is 8.00. The molecule has 7 nitrogen and oxygen atoms in total. The van der Waals surface area contributed by atoms with Crippen LogP contribution >= 0.6 is 11.6 Å². The second-order valence-electron chi connectivity index (χ2n) is 5.61. The normalized spacial score (nSPS) is 17.7. The third-order valence-electron chi connectivity index (χ3n) is 4.02. The fourth-order valence-corrected chi connectivity index (χ4v) is 3.02. The van der Waals surface area contributed by atoms with Crippen molar-refractivity contribution in [2.75, 3.05) is 13.7 Å². The lowest BCUT2D eigenvalue weighted by molar-refractivity contribution is -0.124. The molecule has 2 aromatic rings. The van der Waals surface area contributed by atoms with Crippen LogP contribution < -0.4 is 10.5 Å². The molecule has 1 aromatic carbocycles. The van der Waals surface area contributed by atoms with Crippen molar-refractivity contribution in [3.05, 3.63) is 58.5 Å². The van der Waals surface area contributed by atoms with E-state index in [0.717, 1.165) is 0 Å². The molecule has 0 bridgehead atoms. The van der Waals surface area contributed by atoms with Gasteiger partial charge >= 0.3 is 6.09 Å². The first-order chi connectivity index (χ1) is 12.4. The second kappa shape index (κ2) is 7.17. The number of cyclic esters (lactones) is 1. The maximum absolute atomic E-state index is 13.6. The van der Waals surface area contributed by atoms with E-state index in [2.05, 4.69) is 4.98 Å². The Bertz CT molecular complexity index is 864. The minimum atomic E-state index is -1.08. The Morgan fingerprint density at radius 1 is 1.50 bits per heavy atom. The van der Waals surface area contributed by atoms with Gasteiger partial charge in [0.15, 0.2) is 6.10 Å². The van der Waals surface area contributed by atoms with Gasteiger partial charge in [-0.25, -0.2) is 14.2 Å². The number of hydrogen-bond donors (Lipinski definition) is 1. The first kappa shape index (κ1) is 17.9. The molecule has 0 aliphatic carbocycles. The van der Waals surface area contributed by atoms with Crippen LogP contribution in [-0.2, 0) is 9.53 Å². The van der Waals surface area contributed by atoms with Crippen LogP contribution in [0.2, 0.25) is 5.02 Å². The zero-order chi connectivity index (χ0) is 18.8. The van der Waals surface area contributed by atoms with Crippen LogP contribution in [0.15, 0.2) is 36.5 Å². The van der Waals surface area contributed by atoms with Crippen molar-refractivity contribution in [1.82, 2.24) is 9.88 Å². The van der Waals surface area contributed by atoms with E-state index >= 15 is 0 Å². The van der Waals surface area contributed by atoms with E-state index in [9.17, 15) is 14.0 Å². The summed E-state index contributed by atoms with van der Waals surface area (Å²) < 4.78 is 23.9. The molecule has 1 aliphatic rings. The van der Waals surface area contributed by atoms with Gasteiger partial charge in [0.25, 0.3) is 5.91 Å². The van der Waals surface area contributed by atoms with Gasteiger partial charge in [-0.1, -0.05) is 17.7 Å². The first-order valence-electron chi connectivity index (χ1n) is 7.62. The molecule has 0 spiro atoms. The topological polar surface area (TPSA) is 94.8 Å². The van der Waals surface area contributed by atoms with Crippen LogP contribution in [0.25, 0.3) is 0 Å². The number of primary amides is 1. The molecule has 0 radical (unpaired) electrons. The molecule has 2 amide bonds. The number of ether oxygens (including phenoxy) is 2. The molecule has 2 atom stereocenters. The summed E-state index contributed by atoms with van der Waals surface area (Å²) in [5.41, 5.74) is 6.28. The van der Waals surface area contributed by atoms with Gasteiger partial charge in [-0.2, -0.15) is 0 Å². The number of carbonyl (C=O) groups is 2. The van der Waals surface area contributed by atoms with E-state index < -0.39 is 30.0 Å². The summed E-state index contributed by atoms with van der Waals surface area (Å²) in [6.07, 6.45) is -0.278. The van der Waals surface area contributed by atoms with Crippen molar-refractivity contribution in [3.63, 3.8) is 0 Å². The minimum Gasteiger partial charge on any atom is -0.481 e. The smallest absolute Gasteiger partial charge is 0.411 e. The van der Waals surface area contributed by atoms with Gasteiger partial charge in [-0.05, 0) is 29.8 Å². The molecule has 1 aromatic heterocycles. The van der Waals surface area contributed by atoms with E-state index in [1.807, 2.05) is 0 Å². The number of hydrogen-bond acceptors (Lipinski definition) is 5. The lowest BCUT2D eigenvalue weighted by Gasteiger charge is -2.27. The van der Waals surface area contributed by atoms with Crippen LogP contribution in [-0.4, -0.2) is 41.6 Å². The summed E-state index contributed by atoms with van der Waals surface area (Å²) in [7, 11) is 1.44. The Hall–Kier alpha value is -2.87. The van der Waals surface area contributed by atoms with Gasteiger partial charge < -0.3 is 15.2 Å². The highest BCUT2D eigenvalue weighted by atomic mass is 35.5. The van der Waals surface area contributed by atoms with Gasteiger partial charge in [0.05, 0.1) is 24.7 Å². The third-order valence-corrected chi connectivity index (χ3v) is 4.31. The molecule has 136 valence electrons. The molecule has 9 heteroatoms. The maximum atomic E-state index is 13.6. The molecule has 0 saturated carbocycles. The molecule has 2 N–H and O–H groups in total. The maximum Gasteiger partial charge on any atom is 0.411 e. The van der Waals surface area contributed by atoms with Crippen molar-refractivity contribution in [1.29, 1.82) is 0 Å². The zero-order valence-corrected chi connectivity index (χ0v) is 14.4. The summed E-state index contributed by atoms with van der Waals surface area (Å²) in [6, 6.07) is 6.71. The van der Waals surface area contributed by atoms with E-state index in [-0.39, 0.29) is 17.4 Å². The number of carbonyl (C=O) groups excluding carboxylic acids is 2. The average Bonchev–Trinajstić information content (AvgIpc) is 3.01. The van der Waals surface area contributed by atoms with Crippen LogP contribution in [0.3, 0.4) is 0 Å². The van der Waals surface area contributed by atoms with Gasteiger partial charge in [0.2, 0.25) is 5.88 Å². The summed E-state index contributed by atoms with van der Waals surface area (Å²) in [4.78, 5) is 29.2. The van der Waals surface area contributed by atoms with Crippen molar-refractivity contribution in [2.24, 2.45) is 5.73 Å². The van der Waals surface area contributed by atoms with Gasteiger partial charge in [-0.3, -0.25) is 9.69 Å². The number of amides is 2. The standard InChI is InChI=1S/C17H15ClFN3O4/c1-25-16-10(3-2-6-21-16)14(9-4-5-12(19)11(18)7-9)22-8-13(15(20)23)26-17(22)24/h2-7,13-14H,8H2,1H3,(H2,20,23)/t13?,14-/m0/s1.